The van der Waals surface area contributed by atoms with Crippen molar-refractivity contribution in [2.24, 2.45) is 0 Å². The lowest BCUT2D eigenvalue weighted by Crippen LogP contribution is -2.26. The smallest absolute Gasteiger partial charge is 0.271 e. The van der Waals surface area contributed by atoms with E-state index in [9.17, 15) is 4.79 Å². The summed E-state index contributed by atoms with van der Waals surface area (Å²) in [4.78, 5) is 20.6. The third-order valence-electron chi connectivity index (χ3n) is 3.79. The molecular formula is C20H20N4O2. The quantitative estimate of drug-likeness (QED) is 0.686. The fourth-order valence-corrected chi connectivity index (χ4v) is 2.38. The highest BCUT2D eigenvalue weighted by molar-refractivity contribution is 5.92. The normalized spacial score (nSPS) is 10.2. The fraction of sp³-hybridized carbons (Fsp3) is 0.150. The first-order valence-corrected chi connectivity index (χ1v) is 8.30. The van der Waals surface area contributed by atoms with Crippen LogP contribution in [-0.4, -0.2) is 29.5 Å². The van der Waals surface area contributed by atoms with Crippen molar-refractivity contribution in [3.8, 4) is 5.75 Å². The molecule has 0 fully saturated rings. The van der Waals surface area contributed by atoms with E-state index in [1.54, 1.807) is 13.3 Å². The van der Waals surface area contributed by atoms with Crippen molar-refractivity contribution in [1.82, 2.24) is 15.3 Å². The molecule has 0 saturated carbocycles. The predicted octanol–water partition coefficient (Wildman–Crippen LogP) is 3.20. The SMILES string of the molecule is COc1ccc(CCNC(=O)c2cnc(Nc3ccccc3)cn2)cc1. The lowest BCUT2D eigenvalue weighted by molar-refractivity contribution is 0.0949. The van der Waals surface area contributed by atoms with Crippen LogP contribution in [0.4, 0.5) is 11.5 Å². The Kier molecular flexibility index (Phi) is 5.77. The number of methoxy groups -OCH3 is 1. The average Bonchev–Trinajstić information content (AvgIpc) is 2.70. The molecule has 0 saturated heterocycles. The van der Waals surface area contributed by atoms with Crippen LogP contribution in [0.3, 0.4) is 0 Å². The summed E-state index contributed by atoms with van der Waals surface area (Å²) < 4.78 is 5.13. The van der Waals surface area contributed by atoms with E-state index in [-0.39, 0.29) is 5.91 Å². The highest BCUT2D eigenvalue weighted by atomic mass is 16.5. The number of ether oxygens (including phenoxy) is 1. The molecule has 1 aromatic heterocycles. The molecule has 3 rings (SSSR count). The second-order valence-corrected chi connectivity index (χ2v) is 5.63. The Morgan fingerprint density at radius 2 is 1.77 bits per heavy atom. The van der Waals surface area contributed by atoms with Crippen molar-refractivity contribution in [3.63, 3.8) is 0 Å². The van der Waals surface area contributed by atoms with E-state index in [0.29, 0.717) is 18.1 Å². The molecule has 2 N–H and O–H groups in total. The first-order chi connectivity index (χ1) is 12.7. The highest BCUT2D eigenvalue weighted by Gasteiger charge is 2.07. The Labute approximate surface area is 152 Å². The molecule has 6 heteroatoms. The van der Waals surface area contributed by atoms with E-state index in [1.807, 2.05) is 54.6 Å². The maximum absolute atomic E-state index is 12.2. The maximum Gasteiger partial charge on any atom is 0.271 e. The van der Waals surface area contributed by atoms with Crippen molar-refractivity contribution in [1.29, 1.82) is 0 Å². The summed E-state index contributed by atoms with van der Waals surface area (Å²) in [5.41, 5.74) is 2.33. The molecule has 0 unspecified atom stereocenters. The van der Waals surface area contributed by atoms with E-state index in [0.717, 1.165) is 23.4 Å². The zero-order valence-corrected chi connectivity index (χ0v) is 14.5. The molecule has 0 radical (unpaired) electrons. The number of rotatable bonds is 7. The highest BCUT2D eigenvalue weighted by Crippen LogP contribution is 2.13. The summed E-state index contributed by atoms with van der Waals surface area (Å²) in [5.74, 6) is 1.17. The monoisotopic (exact) mass is 348 g/mol. The number of aromatic nitrogens is 2. The molecule has 0 aliphatic rings. The maximum atomic E-state index is 12.2. The van der Waals surface area contributed by atoms with Crippen molar-refractivity contribution < 1.29 is 9.53 Å². The second kappa shape index (κ2) is 8.62. The Hall–Kier alpha value is -3.41. The number of nitrogens with one attached hydrogen (secondary N) is 2. The van der Waals surface area contributed by atoms with Gasteiger partial charge in [0.05, 0.1) is 19.5 Å². The van der Waals surface area contributed by atoms with Crippen molar-refractivity contribution in [2.45, 2.75) is 6.42 Å². The fourth-order valence-electron chi connectivity index (χ4n) is 2.38. The molecule has 0 aliphatic heterocycles. The van der Waals surface area contributed by atoms with E-state index in [1.165, 1.54) is 6.20 Å². The number of benzene rings is 2. The van der Waals surface area contributed by atoms with Crippen molar-refractivity contribution in [2.75, 3.05) is 19.0 Å². The number of carbonyl (C=O) groups is 1. The summed E-state index contributed by atoms with van der Waals surface area (Å²) in [5, 5.41) is 5.98. The van der Waals surface area contributed by atoms with Crippen LogP contribution in [-0.2, 0) is 6.42 Å². The van der Waals surface area contributed by atoms with Gasteiger partial charge in [0.15, 0.2) is 0 Å². The van der Waals surface area contributed by atoms with Gasteiger partial charge in [-0.1, -0.05) is 30.3 Å². The van der Waals surface area contributed by atoms with Crippen molar-refractivity contribution >= 4 is 17.4 Å². The Morgan fingerprint density at radius 1 is 1.00 bits per heavy atom. The molecule has 1 heterocycles. The second-order valence-electron chi connectivity index (χ2n) is 5.63. The van der Waals surface area contributed by atoms with Crippen molar-refractivity contribution in [3.05, 3.63) is 78.2 Å². The lowest BCUT2D eigenvalue weighted by Gasteiger charge is -2.07. The minimum absolute atomic E-state index is 0.239. The number of hydrogen-bond donors (Lipinski definition) is 2. The molecule has 0 aliphatic carbocycles. The summed E-state index contributed by atoms with van der Waals surface area (Å²) >= 11 is 0. The van der Waals surface area contributed by atoms with Gasteiger partial charge >= 0.3 is 0 Å². The van der Waals surface area contributed by atoms with Gasteiger partial charge in [-0.15, -0.1) is 0 Å². The van der Waals surface area contributed by atoms with E-state index in [4.69, 9.17) is 4.74 Å². The number of amides is 1. The summed E-state index contributed by atoms with van der Waals surface area (Å²) in [6.07, 6.45) is 3.75. The molecular weight excluding hydrogens is 328 g/mol. The zero-order chi connectivity index (χ0) is 18.2. The van der Waals surface area contributed by atoms with Crippen LogP contribution in [0.5, 0.6) is 5.75 Å². The Bertz CT molecular complexity index is 834. The molecule has 0 spiro atoms. The van der Waals surface area contributed by atoms with E-state index < -0.39 is 0 Å². The van der Waals surface area contributed by atoms with E-state index >= 15 is 0 Å². The summed E-state index contributed by atoms with van der Waals surface area (Å²) in [6.45, 7) is 0.525. The minimum atomic E-state index is -0.239. The van der Waals surface area contributed by atoms with Gasteiger partial charge in [-0.2, -0.15) is 0 Å². The number of para-hydroxylation sites is 1. The Balaban J connectivity index is 1.49. The molecule has 26 heavy (non-hydrogen) atoms. The van der Waals surface area contributed by atoms with Gasteiger partial charge in [0.25, 0.3) is 5.91 Å². The first kappa shape index (κ1) is 17.4. The number of nitrogens with zero attached hydrogens (tertiary/aromatic N) is 2. The van der Waals surface area contributed by atoms with E-state index in [2.05, 4.69) is 20.6 Å². The molecule has 132 valence electrons. The Morgan fingerprint density at radius 3 is 2.42 bits per heavy atom. The summed E-state index contributed by atoms with van der Waals surface area (Å²) in [6, 6.07) is 17.4. The van der Waals surface area contributed by atoms with Gasteiger partial charge in [-0.05, 0) is 36.2 Å². The van der Waals surface area contributed by atoms with Gasteiger partial charge in [0, 0.05) is 12.2 Å². The topological polar surface area (TPSA) is 76.1 Å². The molecule has 3 aromatic rings. The zero-order valence-electron chi connectivity index (χ0n) is 14.5. The molecule has 2 aromatic carbocycles. The van der Waals surface area contributed by atoms with Gasteiger partial charge < -0.3 is 15.4 Å². The van der Waals surface area contributed by atoms with Crippen LogP contribution < -0.4 is 15.4 Å². The third kappa shape index (κ3) is 4.80. The van der Waals surface area contributed by atoms with Gasteiger partial charge in [0.2, 0.25) is 0 Å². The summed E-state index contributed by atoms with van der Waals surface area (Å²) in [7, 11) is 1.64. The third-order valence-corrected chi connectivity index (χ3v) is 3.79. The standard InChI is InChI=1S/C20H20N4O2/c1-26-17-9-7-15(8-10-17)11-12-21-20(25)18-13-23-19(14-22-18)24-16-5-3-2-4-6-16/h2-10,13-14H,11-12H2,1H3,(H,21,25)(H,23,24). The number of hydrogen-bond acceptors (Lipinski definition) is 5. The number of carbonyl (C=O) groups excluding carboxylic acids is 1. The lowest BCUT2D eigenvalue weighted by atomic mass is 10.1. The predicted molar refractivity (Wildman–Crippen MR) is 101 cm³/mol. The first-order valence-electron chi connectivity index (χ1n) is 8.30. The van der Waals surface area contributed by atoms with Crippen LogP contribution in [0.15, 0.2) is 67.0 Å². The van der Waals surface area contributed by atoms with Gasteiger partial charge in [0.1, 0.15) is 17.3 Å². The largest absolute Gasteiger partial charge is 0.497 e. The van der Waals surface area contributed by atoms with Gasteiger partial charge in [-0.25, -0.2) is 9.97 Å². The minimum Gasteiger partial charge on any atom is -0.497 e. The molecule has 1 amide bonds. The van der Waals surface area contributed by atoms with Crippen LogP contribution in [0, 0.1) is 0 Å². The van der Waals surface area contributed by atoms with Gasteiger partial charge in [-0.3, -0.25) is 4.79 Å². The number of anilines is 2. The van der Waals surface area contributed by atoms with Crippen LogP contribution in [0.25, 0.3) is 0 Å². The van der Waals surface area contributed by atoms with Crippen LogP contribution >= 0.6 is 0 Å². The van der Waals surface area contributed by atoms with Crippen LogP contribution in [0.2, 0.25) is 0 Å². The molecule has 6 nitrogen and oxygen atoms in total. The van der Waals surface area contributed by atoms with Crippen LogP contribution in [0.1, 0.15) is 16.1 Å². The average molecular weight is 348 g/mol. The molecule has 0 atom stereocenters. The molecule has 0 bridgehead atoms.